The van der Waals surface area contributed by atoms with Crippen molar-refractivity contribution in [1.29, 1.82) is 0 Å². The number of hydrogen-bond donors (Lipinski definition) is 0. The number of anilines is 5. The maximum atomic E-state index is 6.30. The van der Waals surface area contributed by atoms with Gasteiger partial charge in [0.1, 0.15) is 11.2 Å². The van der Waals surface area contributed by atoms with E-state index in [1.54, 1.807) is 5.20 Å². The third-order valence-corrected chi connectivity index (χ3v) is 17.4. The lowest BCUT2D eigenvalue weighted by Gasteiger charge is -2.39. The van der Waals surface area contributed by atoms with Crippen molar-refractivity contribution in [1.82, 2.24) is 0 Å². The molecule has 0 radical (unpaired) electrons. The molecule has 1 aromatic heterocycles. The summed E-state index contributed by atoms with van der Waals surface area (Å²) in [5.41, 5.74) is 8.55. The highest BCUT2D eigenvalue weighted by atomic mass is 28.3. The first kappa shape index (κ1) is 36.0. The Bertz CT molecular complexity index is 3010. The van der Waals surface area contributed by atoms with E-state index < -0.39 is 8.07 Å². The Balaban J connectivity index is 1.15. The fourth-order valence-corrected chi connectivity index (χ4v) is 15.0. The van der Waals surface area contributed by atoms with Crippen LogP contribution in [0.25, 0.3) is 21.9 Å². The fourth-order valence-electron chi connectivity index (χ4n) is 9.68. The van der Waals surface area contributed by atoms with Gasteiger partial charge in [-0.1, -0.05) is 151 Å². The molecule has 0 bridgehead atoms. The molecule has 3 atom stereocenters. The maximum Gasteiger partial charge on any atom is 0.176 e. The minimum atomic E-state index is -2.94. The van der Waals surface area contributed by atoms with Crippen molar-refractivity contribution < 1.29 is 4.42 Å². The molecule has 0 amide bonds. The van der Waals surface area contributed by atoms with Crippen LogP contribution in [0, 0.1) is 11.8 Å². The van der Waals surface area contributed by atoms with Crippen LogP contribution in [0.2, 0.25) is 0 Å². The zero-order chi connectivity index (χ0) is 39.9. The van der Waals surface area contributed by atoms with E-state index in [1.165, 1.54) is 22.0 Å². The maximum absolute atomic E-state index is 6.30. The highest BCUT2D eigenvalue weighted by molar-refractivity contribution is 7.16. The summed E-state index contributed by atoms with van der Waals surface area (Å²) in [7, 11) is -2.94. The van der Waals surface area contributed by atoms with E-state index in [4.69, 9.17) is 4.42 Å². The van der Waals surface area contributed by atoms with Gasteiger partial charge in [0.15, 0.2) is 8.07 Å². The van der Waals surface area contributed by atoms with Gasteiger partial charge in [-0.3, -0.25) is 0 Å². The zero-order valence-corrected chi connectivity index (χ0v) is 34.3. The number of fused-ring (bicyclic) bond motifs is 4. The summed E-state index contributed by atoms with van der Waals surface area (Å²) in [6, 6.07) is 66.9. The SMILES string of the molecule is C1=CCC=CC(N(c2ccccc2)c2cccc([Si](C3=CC=CC4CC34)(c3ccccc3)c3cccc(N(c4ccccc4)c4ccc5oc6ccccc6c5c4)c3)c2)=C1. The van der Waals surface area contributed by atoms with Gasteiger partial charge < -0.3 is 14.2 Å². The van der Waals surface area contributed by atoms with E-state index in [2.05, 4.69) is 234 Å². The van der Waals surface area contributed by atoms with Crippen LogP contribution in [0.5, 0.6) is 0 Å². The smallest absolute Gasteiger partial charge is 0.176 e. The number of hydrogen-bond acceptors (Lipinski definition) is 3. The van der Waals surface area contributed by atoms with E-state index >= 15 is 0 Å². The largest absolute Gasteiger partial charge is 0.456 e. The third-order valence-electron chi connectivity index (χ3n) is 12.5. The van der Waals surface area contributed by atoms with E-state index in [-0.39, 0.29) is 0 Å². The Labute approximate surface area is 352 Å². The summed E-state index contributed by atoms with van der Waals surface area (Å²) in [5.74, 6) is 1.09. The Morgan fingerprint density at radius 3 is 1.82 bits per heavy atom. The van der Waals surface area contributed by atoms with Crippen LogP contribution in [-0.4, -0.2) is 8.07 Å². The average Bonchev–Trinajstić information content (AvgIpc) is 4.08. The second-order valence-electron chi connectivity index (χ2n) is 16.0. The molecule has 1 heterocycles. The van der Waals surface area contributed by atoms with Crippen LogP contribution >= 0.6 is 0 Å². The van der Waals surface area contributed by atoms with Gasteiger partial charge in [-0.25, -0.2) is 0 Å². The summed E-state index contributed by atoms with van der Waals surface area (Å²) < 4.78 is 6.30. The molecule has 3 unspecified atom stereocenters. The Morgan fingerprint density at radius 1 is 0.467 bits per heavy atom. The molecule has 3 nitrogen and oxygen atoms in total. The molecule has 0 N–H and O–H groups in total. The van der Waals surface area contributed by atoms with Gasteiger partial charge in [0, 0.05) is 44.9 Å². The molecule has 288 valence electrons. The van der Waals surface area contributed by atoms with Crippen molar-refractivity contribution in [2.75, 3.05) is 9.80 Å². The van der Waals surface area contributed by atoms with E-state index in [0.29, 0.717) is 11.8 Å². The highest BCUT2D eigenvalue weighted by Crippen LogP contribution is 2.50. The quantitative estimate of drug-likeness (QED) is 0.102. The van der Waals surface area contributed by atoms with Gasteiger partial charge in [0.2, 0.25) is 0 Å². The predicted molar refractivity (Wildman–Crippen MR) is 254 cm³/mol. The number of nitrogens with zero attached hydrogens (tertiary/aromatic N) is 2. The molecule has 0 spiro atoms. The van der Waals surface area contributed by atoms with Gasteiger partial charge in [0.05, 0.1) is 0 Å². The highest BCUT2D eigenvalue weighted by Gasteiger charge is 2.52. The van der Waals surface area contributed by atoms with Crippen molar-refractivity contribution >= 4 is 74.0 Å². The Kier molecular flexibility index (Phi) is 9.13. The van der Waals surface area contributed by atoms with Crippen LogP contribution in [0.1, 0.15) is 12.8 Å². The molecule has 7 aromatic carbocycles. The molecule has 60 heavy (non-hydrogen) atoms. The standard InChI is InChI=1S/C56H44N2OSi/c1-2-7-21-42(20-6-1)57(43-22-8-3-9-23-43)45-26-17-30-49(38-45)60(48-28-12-5-13-29-48,56-34-16-19-41-37-52(41)56)50-31-18-27-46(39-50)58(44-24-10-4-11-25-44)47-35-36-55-53(40-47)51-32-14-15-33-54(51)59-55/h1,3-36,38-41,52H,2,37H2. The van der Waals surface area contributed by atoms with E-state index in [9.17, 15) is 0 Å². The molecule has 4 heteroatoms. The zero-order valence-electron chi connectivity index (χ0n) is 33.3. The average molecular weight is 789 g/mol. The number of furan rings is 1. The van der Waals surface area contributed by atoms with E-state index in [0.717, 1.165) is 62.5 Å². The number of para-hydroxylation sites is 3. The summed E-state index contributed by atoms with van der Waals surface area (Å²) in [4.78, 5) is 4.83. The van der Waals surface area contributed by atoms with Crippen LogP contribution in [0.4, 0.5) is 28.4 Å². The monoisotopic (exact) mass is 788 g/mol. The minimum absolute atomic E-state index is 0.513. The molecule has 11 rings (SSSR count). The Hall–Kier alpha value is -7.14. The van der Waals surface area contributed by atoms with Crippen molar-refractivity contribution in [3.05, 3.63) is 241 Å². The molecule has 3 aliphatic carbocycles. The van der Waals surface area contributed by atoms with Gasteiger partial charge in [-0.15, -0.1) is 0 Å². The first-order chi connectivity index (χ1) is 29.8. The summed E-state index contributed by atoms with van der Waals surface area (Å²) >= 11 is 0. The van der Waals surface area contributed by atoms with Gasteiger partial charge >= 0.3 is 0 Å². The van der Waals surface area contributed by atoms with Crippen molar-refractivity contribution in [2.45, 2.75) is 12.8 Å². The first-order valence-corrected chi connectivity index (χ1v) is 23.1. The summed E-state index contributed by atoms with van der Waals surface area (Å²) in [6.07, 6.45) is 20.5. The summed E-state index contributed by atoms with van der Waals surface area (Å²) in [5, 5.41) is 7.96. The second kappa shape index (κ2) is 15.2. The topological polar surface area (TPSA) is 19.6 Å². The molecule has 8 aromatic rings. The van der Waals surface area contributed by atoms with Crippen LogP contribution in [0.3, 0.4) is 0 Å². The number of allylic oxidation sites excluding steroid dienone is 9. The number of benzene rings is 7. The van der Waals surface area contributed by atoms with Gasteiger partial charge in [-0.2, -0.15) is 0 Å². The Morgan fingerprint density at radius 2 is 1.07 bits per heavy atom. The van der Waals surface area contributed by atoms with Crippen molar-refractivity contribution in [3.63, 3.8) is 0 Å². The lowest BCUT2D eigenvalue weighted by atomic mass is 10.1. The van der Waals surface area contributed by atoms with Crippen molar-refractivity contribution in [3.8, 4) is 0 Å². The first-order valence-electron chi connectivity index (χ1n) is 21.1. The molecular formula is C56H44N2OSi. The third kappa shape index (κ3) is 6.28. The lowest BCUT2D eigenvalue weighted by molar-refractivity contribution is 0.669. The molecule has 0 saturated heterocycles. The number of rotatable bonds is 10. The van der Waals surface area contributed by atoms with Crippen molar-refractivity contribution in [2.24, 2.45) is 11.8 Å². The van der Waals surface area contributed by atoms with Gasteiger partial charge in [-0.05, 0) is 125 Å². The van der Waals surface area contributed by atoms with Gasteiger partial charge in [0.25, 0.3) is 0 Å². The van der Waals surface area contributed by atoms with E-state index in [1.807, 2.05) is 6.07 Å². The summed E-state index contributed by atoms with van der Waals surface area (Å²) in [6.45, 7) is 0. The van der Waals surface area contributed by atoms with Crippen LogP contribution < -0.4 is 25.4 Å². The predicted octanol–water partition coefficient (Wildman–Crippen LogP) is 12.7. The van der Waals surface area contributed by atoms with Crippen LogP contribution in [-0.2, 0) is 0 Å². The molecule has 0 aliphatic heterocycles. The molecule has 3 aliphatic rings. The fraction of sp³-hybridized carbons (Fsp3) is 0.0714. The molecule has 1 fully saturated rings. The second-order valence-corrected chi connectivity index (χ2v) is 19.8. The van der Waals surface area contributed by atoms with Crippen LogP contribution in [0.15, 0.2) is 246 Å². The molecule has 1 saturated carbocycles. The molecular weight excluding hydrogens is 745 g/mol. The lowest BCUT2D eigenvalue weighted by Crippen LogP contribution is -2.69. The normalized spacial score (nSPS) is 17.7. The minimum Gasteiger partial charge on any atom is -0.456 e.